The van der Waals surface area contributed by atoms with Crippen molar-refractivity contribution in [1.29, 1.82) is 0 Å². The monoisotopic (exact) mass is 311 g/mol. The summed E-state index contributed by atoms with van der Waals surface area (Å²) >= 11 is 3.44. The minimum absolute atomic E-state index is 0.393. The van der Waals surface area contributed by atoms with Crippen LogP contribution in [0.25, 0.3) is 11.5 Å². The number of rotatable bonds is 5. The van der Waals surface area contributed by atoms with Crippen molar-refractivity contribution >= 4 is 15.9 Å². The Morgan fingerprint density at radius 1 is 1.39 bits per heavy atom. The molecule has 0 aliphatic carbocycles. The van der Waals surface area contributed by atoms with Crippen LogP contribution in [0.15, 0.2) is 33.2 Å². The molecule has 2 N–H and O–H groups in total. The van der Waals surface area contributed by atoms with Crippen molar-refractivity contribution in [2.45, 2.75) is 19.6 Å². The van der Waals surface area contributed by atoms with E-state index in [1.54, 1.807) is 6.92 Å². The fourth-order valence-electron chi connectivity index (χ4n) is 1.46. The van der Waals surface area contributed by atoms with Gasteiger partial charge < -0.3 is 14.8 Å². The maximum Gasteiger partial charge on any atom is 0.248 e. The van der Waals surface area contributed by atoms with Crippen molar-refractivity contribution in [2.24, 2.45) is 0 Å². The Morgan fingerprint density at radius 2 is 2.17 bits per heavy atom. The van der Waals surface area contributed by atoms with Crippen LogP contribution in [0.4, 0.5) is 0 Å². The molecule has 0 saturated heterocycles. The van der Waals surface area contributed by atoms with Crippen LogP contribution >= 0.6 is 15.9 Å². The first-order chi connectivity index (χ1) is 8.66. The molecule has 6 heteroatoms. The first-order valence-electron chi connectivity index (χ1n) is 5.63. The lowest BCUT2D eigenvalue weighted by Crippen LogP contribution is -2.23. The lowest BCUT2D eigenvalue weighted by atomic mass is 10.2. The lowest BCUT2D eigenvalue weighted by molar-refractivity contribution is 0.189. The molecule has 0 aliphatic heterocycles. The Kier molecular flexibility index (Phi) is 4.46. The van der Waals surface area contributed by atoms with Gasteiger partial charge in [-0.25, -0.2) is 0 Å². The molecule has 1 aromatic heterocycles. The highest BCUT2D eigenvalue weighted by molar-refractivity contribution is 9.10. The van der Waals surface area contributed by atoms with Crippen LogP contribution in [0.2, 0.25) is 0 Å². The van der Waals surface area contributed by atoms with E-state index in [2.05, 4.69) is 31.4 Å². The third-order valence-electron chi connectivity index (χ3n) is 2.29. The SMILES string of the molecule is CC(O)CNCc1nnc(-c2ccccc2Br)o1. The van der Waals surface area contributed by atoms with E-state index < -0.39 is 6.10 Å². The van der Waals surface area contributed by atoms with Gasteiger partial charge in [0.1, 0.15) is 0 Å². The number of aliphatic hydroxyl groups is 1. The van der Waals surface area contributed by atoms with Gasteiger partial charge in [0.15, 0.2) is 0 Å². The zero-order valence-corrected chi connectivity index (χ0v) is 11.5. The third kappa shape index (κ3) is 3.38. The Balaban J connectivity index is 2.04. The zero-order chi connectivity index (χ0) is 13.0. The van der Waals surface area contributed by atoms with Gasteiger partial charge in [-0.1, -0.05) is 12.1 Å². The molecule has 1 unspecified atom stereocenters. The van der Waals surface area contributed by atoms with Gasteiger partial charge in [0.25, 0.3) is 0 Å². The minimum Gasteiger partial charge on any atom is -0.419 e. The Morgan fingerprint density at radius 3 is 2.89 bits per heavy atom. The largest absolute Gasteiger partial charge is 0.419 e. The summed E-state index contributed by atoms with van der Waals surface area (Å²) in [7, 11) is 0. The molecule has 0 saturated carbocycles. The fraction of sp³-hybridized carbons (Fsp3) is 0.333. The quantitative estimate of drug-likeness (QED) is 0.883. The summed E-state index contributed by atoms with van der Waals surface area (Å²) < 4.78 is 6.45. The van der Waals surface area contributed by atoms with Crippen LogP contribution in [0.3, 0.4) is 0 Å². The van der Waals surface area contributed by atoms with Crippen molar-refractivity contribution in [1.82, 2.24) is 15.5 Å². The minimum atomic E-state index is -0.393. The number of hydrogen-bond donors (Lipinski definition) is 2. The van der Waals surface area contributed by atoms with Crippen molar-refractivity contribution in [3.63, 3.8) is 0 Å². The molecule has 1 atom stereocenters. The van der Waals surface area contributed by atoms with Crippen molar-refractivity contribution in [2.75, 3.05) is 6.54 Å². The topological polar surface area (TPSA) is 71.2 Å². The maximum absolute atomic E-state index is 9.11. The Hall–Kier alpha value is -1.24. The first-order valence-corrected chi connectivity index (χ1v) is 6.42. The molecular formula is C12H14BrN3O2. The predicted octanol–water partition coefficient (Wildman–Crippen LogP) is 1.97. The highest BCUT2D eigenvalue weighted by Crippen LogP contribution is 2.26. The van der Waals surface area contributed by atoms with E-state index in [9.17, 15) is 0 Å². The molecule has 1 aromatic carbocycles. The summed E-state index contributed by atoms with van der Waals surface area (Å²) in [5.41, 5.74) is 0.867. The van der Waals surface area contributed by atoms with E-state index in [4.69, 9.17) is 9.52 Å². The second kappa shape index (κ2) is 6.08. The molecule has 0 bridgehead atoms. The smallest absolute Gasteiger partial charge is 0.248 e. The van der Waals surface area contributed by atoms with Crippen LogP contribution in [-0.2, 0) is 6.54 Å². The normalized spacial score (nSPS) is 12.6. The second-order valence-corrected chi connectivity index (χ2v) is 4.82. The number of halogens is 1. The molecule has 1 heterocycles. The molecule has 0 spiro atoms. The van der Waals surface area contributed by atoms with Gasteiger partial charge in [0.2, 0.25) is 11.8 Å². The summed E-state index contributed by atoms with van der Waals surface area (Å²) in [5, 5.41) is 20.1. The number of nitrogens with one attached hydrogen (secondary N) is 1. The van der Waals surface area contributed by atoms with Crippen molar-refractivity contribution in [3.8, 4) is 11.5 Å². The van der Waals surface area contributed by atoms with E-state index in [0.717, 1.165) is 10.0 Å². The van der Waals surface area contributed by atoms with Crippen molar-refractivity contribution < 1.29 is 9.52 Å². The highest BCUT2D eigenvalue weighted by atomic mass is 79.9. The fourth-order valence-corrected chi connectivity index (χ4v) is 1.91. The molecule has 18 heavy (non-hydrogen) atoms. The van der Waals surface area contributed by atoms with Gasteiger partial charge in [0, 0.05) is 11.0 Å². The van der Waals surface area contributed by atoms with E-state index in [-0.39, 0.29) is 0 Å². The molecule has 0 aliphatic rings. The van der Waals surface area contributed by atoms with E-state index in [1.807, 2.05) is 24.3 Å². The van der Waals surface area contributed by atoms with Crippen LogP contribution < -0.4 is 5.32 Å². The van der Waals surface area contributed by atoms with Crippen LogP contribution in [0, 0.1) is 0 Å². The molecule has 0 radical (unpaired) electrons. The van der Waals surface area contributed by atoms with E-state index in [1.165, 1.54) is 0 Å². The zero-order valence-electron chi connectivity index (χ0n) is 9.93. The molecule has 96 valence electrons. The molecule has 0 fully saturated rings. The molecule has 0 amide bonds. The van der Waals surface area contributed by atoms with Crippen LogP contribution in [0.1, 0.15) is 12.8 Å². The Bertz CT molecular complexity index is 514. The average molecular weight is 312 g/mol. The van der Waals surface area contributed by atoms with Gasteiger partial charge in [-0.05, 0) is 35.0 Å². The summed E-state index contributed by atoms with van der Waals surface area (Å²) in [5.74, 6) is 0.984. The summed E-state index contributed by atoms with van der Waals surface area (Å²) in [6.45, 7) is 2.66. The first kappa shape index (κ1) is 13.2. The number of aromatic nitrogens is 2. The standard InChI is InChI=1S/C12H14BrN3O2/c1-8(17)6-14-7-11-15-16-12(18-11)9-4-2-3-5-10(9)13/h2-5,8,14,17H,6-7H2,1H3. The van der Waals surface area contributed by atoms with Crippen LogP contribution in [0.5, 0.6) is 0 Å². The summed E-state index contributed by atoms with van der Waals surface area (Å²) in [6.07, 6.45) is -0.393. The Labute approximate surface area is 113 Å². The number of aliphatic hydroxyl groups excluding tert-OH is 1. The summed E-state index contributed by atoms with van der Waals surface area (Å²) in [4.78, 5) is 0. The highest BCUT2D eigenvalue weighted by Gasteiger charge is 2.10. The molecule has 5 nitrogen and oxygen atoms in total. The molecular weight excluding hydrogens is 298 g/mol. The van der Waals surface area contributed by atoms with E-state index in [0.29, 0.717) is 24.9 Å². The second-order valence-electron chi connectivity index (χ2n) is 3.96. The predicted molar refractivity (Wildman–Crippen MR) is 70.8 cm³/mol. The molecule has 2 rings (SSSR count). The van der Waals surface area contributed by atoms with Gasteiger partial charge in [-0.3, -0.25) is 0 Å². The van der Waals surface area contributed by atoms with Gasteiger partial charge >= 0.3 is 0 Å². The van der Waals surface area contributed by atoms with Crippen LogP contribution in [-0.4, -0.2) is 28.0 Å². The lowest BCUT2D eigenvalue weighted by Gasteiger charge is -2.03. The van der Waals surface area contributed by atoms with Gasteiger partial charge in [-0.15, -0.1) is 10.2 Å². The van der Waals surface area contributed by atoms with Gasteiger partial charge in [-0.2, -0.15) is 0 Å². The third-order valence-corrected chi connectivity index (χ3v) is 2.98. The maximum atomic E-state index is 9.11. The van der Waals surface area contributed by atoms with Gasteiger partial charge in [0.05, 0.1) is 18.2 Å². The van der Waals surface area contributed by atoms with Crippen molar-refractivity contribution in [3.05, 3.63) is 34.6 Å². The van der Waals surface area contributed by atoms with E-state index >= 15 is 0 Å². The average Bonchev–Trinajstić information content (AvgIpc) is 2.78. The number of nitrogens with zero attached hydrogens (tertiary/aromatic N) is 2. The number of benzene rings is 1. The number of hydrogen-bond acceptors (Lipinski definition) is 5. The summed E-state index contributed by atoms with van der Waals surface area (Å²) in [6, 6.07) is 7.67. The molecule has 2 aromatic rings.